The fourth-order valence-electron chi connectivity index (χ4n) is 1.21. The highest BCUT2D eigenvalue weighted by atomic mass is 16.6. The van der Waals surface area contributed by atoms with Gasteiger partial charge in [-0.1, -0.05) is 0 Å². The molecule has 13 heavy (non-hydrogen) atoms. The van der Waals surface area contributed by atoms with Crippen LogP contribution in [0, 0.1) is 5.92 Å². The van der Waals surface area contributed by atoms with Gasteiger partial charge in [0.1, 0.15) is 0 Å². The summed E-state index contributed by atoms with van der Waals surface area (Å²) in [6.45, 7) is 1.94. The van der Waals surface area contributed by atoms with Crippen LogP contribution in [0.25, 0.3) is 0 Å². The first kappa shape index (κ1) is 10.3. The van der Waals surface area contributed by atoms with E-state index in [-0.39, 0.29) is 18.6 Å². The molecule has 0 aromatic carbocycles. The lowest BCUT2D eigenvalue weighted by molar-refractivity contribution is 0.0170. The maximum absolute atomic E-state index is 11.1. The molecule has 0 aromatic rings. The van der Waals surface area contributed by atoms with Crippen molar-refractivity contribution in [3.8, 4) is 0 Å². The molecular weight excluding hydrogens is 174 g/mol. The summed E-state index contributed by atoms with van der Waals surface area (Å²) in [5.74, 6) is 0.0366. The summed E-state index contributed by atoms with van der Waals surface area (Å²) < 4.78 is 9.71. The highest BCUT2D eigenvalue weighted by Crippen LogP contribution is 2.09. The molecule has 1 N–H and O–H groups in total. The molecule has 0 saturated carbocycles. The number of amides is 1. The van der Waals surface area contributed by atoms with Gasteiger partial charge < -0.3 is 19.5 Å². The zero-order valence-corrected chi connectivity index (χ0v) is 7.73. The quantitative estimate of drug-likeness (QED) is 0.659. The average molecular weight is 189 g/mol. The molecule has 0 bridgehead atoms. The largest absolute Gasteiger partial charge is 0.449 e. The molecule has 1 rings (SSSR count). The number of carbonyl (C=O) groups excluding carboxylic acids is 1. The standard InChI is InChI=1S/C8H15NO4/c1-12-3-2-9-4-7(5-10)6-13-8(9)11/h7,10H,2-6H2,1H3. The number of hydrogen-bond acceptors (Lipinski definition) is 4. The Morgan fingerprint density at radius 2 is 2.54 bits per heavy atom. The molecule has 0 aromatic heterocycles. The second kappa shape index (κ2) is 5.04. The van der Waals surface area contributed by atoms with Crippen molar-refractivity contribution in [3.63, 3.8) is 0 Å². The summed E-state index contributed by atoms with van der Waals surface area (Å²) in [5.41, 5.74) is 0. The molecular formula is C8H15NO4. The molecule has 0 aliphatic carbocycles. The molecule has 1 aliphatic rings. The molecule has 0 radical (unpaired) electrons. The first-order valence-electron chi connectivity index (χ1n) is 4.29. The summed E-state index contributed by atoms with van der Waals surface area (Å²) >= 11 is 0. The lowest BCUT2D eigenvalue weighted by Gasteiger charge is -2.30. The van der Waals surface area contributed by atoms with Crippen LogP contribution in [-0.4, -0.2) is 56.1 Å². The third kappa shape index (κ3) is 2.86. The monoisotopic (exact) mass is 189 g/mol. The van der Waals surface area contributed by atoms with Gasteiger partial charge in [-0.25, -0.2) is 4.79 Å². The Hall–Kier alpha value is -0.810. The minimum absolute atomic E-state index is 0.0366. The number of aliphatic hydroxyl groups is 1. The molecule has 5 nitrogen and oxygen atoms in total. The van der Waals surface area contributed by atoms with E-state index in [9.17, 15) is 4.79 Å². The third-order valence-electron chi connectivity index (χ3n) is 2.00. The Bertz CT molecular complexity index is 174. The van der Waals surface area contributed by atoms with Crippen LogP contribution in [0.5, 0.6) is 0 Å². The molecule has 5 heteroatoms. The number of hydrogen-bond donors (Lipinski definition) is 1. The molecule has 1 amide bonds. The normalized spacial score (nSPS) is 23.1. The fraction of sp³-hybridized carbons (Fsp3) is 0.875. The third-order valence-corrected chi connectivity index (χ3v) is 2.00. The molecule has 76 valence electrons. The predicted molar refractivity (Wildman–Crippen MR) is 45.4 cm³/mol. The van der Waals surface area contributed by atoms with E-state index >= 15 is 0 Å². The van der Waals surface area contributed by atoms with E-state index in [4.69, 9.17) is 14.6 Å². The zero-order chi connectivity index (χ0) is 9.68. The molecule has 1 atom stereocenters. The van der Waals surface area contributed by atoms with Gasteiger partial charge in [0.25, 0.3) is 0 Å². The number of ether oxygens (including phenoxy) is 2. The summed E-state index contributed by atoms with van der Waals surface area (Å²) in [5, 5.41) is 8.87. The molecule has 0 spiro atoms. The Labute approximate surface area is 77.2 Å². The van der Waals surface area contributed by atoms with E-state index in [1.807, 2.05) is 0 Å². The molecule has 1 heterocycles. The van der Waals surface area contributed by atoms with Crippen LogP contribution < -0.4 is 0 Å². The molecule has 1 unspecified atom stereocenters. The van der Waals surface area contributed by atoms with Crippen LogP contribution >= 0.6 is 0 Å². The van der Waals surface area contributed by atoms with Crippen molar-refractivity contribution in [3.05, 3.63) is 0 Å². The van der Waals surface area contributed by atoms with Crippen LogP contribution in [0.2, 0.25) is 0 Å². The highest BCUT2D eigenvalue weighted by Gasteiger charge is 2.25. The lowest BCUT2D eigenvalue weighted by atomic mass is 10.1. The first-order chi connectivity index (χ1) is 6.27. The Morgan fingerprint density at radius 1 is 1.77 bits per heavy atom. The highest BCUT2D eigenvalue weighted by molar-refractivity contribution is 5.68. The van der Waals surface area contributed by atoms with E-state index in [1.165, 1.54) is 0 Å². The number of nitrogens with zero attached hydrogens (tertiary/aromatic N) is 1. The predicted octanol–water partition coefficient (Wildman–Crippen LogP) is -0.306. The minimum Gasteiger partial charge on any atom is -0.449 e. The van der Waals surface area contributed by atoms with Crippen molar-refractivity contribution in [1.82, 2.24) is 4.90 Å². The summed E-state index contributed by atoms with van der Waals surface area (Å²) in [6, 6.07) is 0. The fourth-order valence-corrected chi connectivity index (χ4v) is 1.21. The maximum Gasteiger partial charge on any atom is 0.409 e. The Balaban J connectivity index is 2.36. The minimum atomic E-state index is -0.318. The van der Waals surface area contributed by atoms with Crippen LogP contribution in [0.15, 0.2) is 0 Å². The number of rotatable bonds is 4. The number of methoxy groups -OCH3 is 1. The second-order valence-electron chi connectivity index (χ2n) is 3.06. The van der Waals surface area contributed by atoms with Gasteiger partial charge in [-0.05, 0) is 0 Å². The maximum atomic E-state index is 11.1. The van der Waals surface area contributed by atoms with Crippen molar-refractivity contribution in [2.24, 2.45) is 5.92 Å². The number of carbonyl (C=O) groups is 1. The SMILES string of the molecule is COCCN1CC(CO)COC1=O. The van der Waals surface area contributed by atoms with E-state index in [1.54, 1.807) is 12.0 Å². The van der Waals surface area contributed by atoms with Crippen molar-refractivity contribution >= 4 is 6.09 Å². The molecule has 1 saturated heterocycles. The second-order valence-corrected chi connectivity index (χ2v) is 3.06. The summed E-state index contributed by atoms with van der Waals surface area (Å²) in [6.07, 6.45) is -0.318. The van der Waals surface area contributed by atoms with E-state index < -0.39 is 0 Å². The van der Waals surface area contributed by atoms with Crippen LogP contribution in [-0.2, 0) is 9.47 Å². The Morgan fingerprint density at radius 3 is 3.15 bits per heavy atom. The van der Waals surface area contributed by atoms with E-state index in [2.05, 4.69) is 0 Å². The number of aliphatic hydroxyl groups excluding tert-OH is 1. The van der Waals surface area contributed by atoms with Gasteiger partial charge in [0.15, 0.2) is 0 Å². The average Bonchev–Trinajstić information content (AvgIpc) is 2.17. The summed E-state index contributed by atoms with van der Waals surface area (Å²) in [7, 11) is 1.58. The first-order valence-corrected chi connectivity index (χ1v) is 4.29. The number of cyclic esters (lactones) is 1. The van der Waals surface area contributed by atoms with Gasteiger partial charge in [0.05, 0.1) is 19.8 Å². The van der Waals surface area contributed by atoms with E-state index in [0.29, 0.717) is 26.3 Å². The van der Waals surface area contributed by atoms with Gasteiger partial charge in [-0.2, -0.15) is 0 Å². The molecule has 1 aliphatic heterocycles. The Kier molecular flexibility index (Phi) is 3.98. The van der Waals surface area contributed by atoms with Gasteiger partial charge in [0.2, 0.25) is 0 Å². The summed E-state index contributed by atoms with van der Waals surface area (Å²) in [4.78, 5) is 12.7. The van der Waals surface area contributed by atoms with Gasteiger partial charge in [-0.3, -0.25) is 0 Å². The van der Waals surface area contributed by atoms with Crippen LogP contribution in [0.4, 0.5) is 4.79 Å². The van der Waals surface area contributed by atoms with Crippen LogP contribution in [0.3, 0.4) is 0 Å². The van der Waals surface area contributed by atoms with Gasteiger partial charge in [0, 0.05) is 26.1 Å². The van der Waals surface area contributed by atoms with Crippen LogP contribution in [0.1, 0.15) is 0 Å². The van der Waals surface area contributed by atoms with E-state index in [0.717, 1.165) is 0 Å². The topological polar surface area (TPSA) is 59.0 Å². The van der Waals surface area contributed by atoms with Gasteiger partial charge >= 0.3 is 6.09 Å². The lowest BCUT2D eigenvalue weighted by Crippen LogP contribution is -2.45. The van der Waals surface area contributed by atoms with Crippen molar-refractivity contribution in [1.29, 1.82) is 0 Å². The zero-order valence-electron chi connectivity index (χ0n) is 7.73. The van der Waals surface area contributed by atoms with Crippen molar-refractivity contribution in [2.75, 3.05) is 40.0 Å². The van der Waals surface area contributed by atoms with Gasteiger partial charge in [-0.15, -0.1) is 0 Å². The van der Waals surface area contributed by atoms with Crippen molar-refractivity contribution in [2.45, 2.75) is 0 Å². The molecule has 1 fully saturated rings. The van der Waals surface area contributed by atoms with Crippen molar-refractivity contribution < 1.29 is 19.4 Å². The smallest absolute Gasteiger partial charge is 0.409 e.